The molecule has 0 aliphatic heterocycles. The first kappa shape index (κ1) is 17.7. The summed E-state index contributed by atoms with van der Waals surface area (Å²) in [6, 6.07) is 23.2. The van der Waals surface area contributed by atoms with Crippen molar-refractivity contribution in [1.82, 2.24) is 14.8 Å². The van der Waals surface area contributed by atoms with Gasteiger partial charge in [0.05, 0.1) is 5.69 Å². The highest BCUT2D eigenvalue weighted by Gasteiger charge is 2.17. The van der Waals surface area contributed by atoms with Crippen LogP contribution in [-0.4, -0.2) is 20.7 Å². The van der Waals surface area contributed by atoms with E-state index in [1.54, 1.807) is 12.4 Å². The number of aromatic nitrogens is 3. The van der Waals surface area contributed by atoms with Crippen molar-refractivity contribution >= 4 is 11.7 Å². The SMILES string of the molecule is Cc1ccc(C(=O)n2nc(-c3cccnc3)cc2NCc2ccccc2)cc1. The maximum atomic E-state index is 13.1. The van der Waals surface area contributed by atoms with Gasteiger partial charge in [0.2, 0.25) is 0 Å². The van der Waals surface area contributed by atoms with Crippen LogP contribution in [0.2, 0.25) is 0 Å². The molecule has 2 aromatic heterocycles. The van der Waals surface area contributed by atoms with Gasteiger partial charge in [-0.15, -0.1) is 0 Å². The lowest BCUT2D eigenvalue weighted by atomic mass is 10.1. The molecule has 0 unspecified atom stereocenters. The lowest BCUT2D eigenvalue weighted by Gasteiger charge is -2.09. The molecule has 5 heteroatoms. The van der Waals surface area contributed by atoms with Crippen molar-refractivity contribution in [1.29, 1.82) is 0 Å². The van der Waals surface area contributed by atoms with Gasteiger partial charge in [-0.2, -0.15) is 9.78 Å². The smallest absolute Gasteiger partial charge is 0.280 e. The zero-order valence-electron chi connectivity index (χ0n) is 15.5. The van der Waals surface area contributed by atoms with E-state index in [0.29, 0.717) is 23.6 Å². The van der Waals surface area contributed by atoms with E-state index < -0.39 is 0 Å². The summed E-state index contributed by atoms with van der Waals surface area (Å²) in [4.78, 5) is 17.2. The molecule has 0 saturated heterocycles. The van der Waals surface area contributed by atoms with Crippen LogP contribution in [0.4, 0.5) is 5.82 Å². The molecule has 4 aromatic rings. The van der Waals surface area contributed by atoms with Gasteiger partial charge in [-0.05, 0) is 36.8 Å². The van der Waals surface area contributed by atoms with E-state index in [9.17, 15) is 4.79 Å². The van der Waals surface area contributed by atoms with Gasteiger partial charge in [0.25, 0.3) is 5.91 Å². The molecule has 0 bridgehead atoms. The zero-order chi connectivity index (χ0) is 19.3. The van der Waals surface area contributed by atoms with Crippen LogP contribution in [-0.2, 0) is 6.54 Å². The maximum absolute atomic E-state index is 13.1. The zero-order valence-corrected chi connectivity index (χ0v) is 15.5. The van der Waals surface area contributed by atoms with E-state index in [1.165, 1.54) is 4.68 Å². The molecule has 0 atom stereocenters. The number of nitrogens with one attached hydrogen (secondary N) is 1. The first-order valence-electron chi connectivity index (χ1n) is 9.10. The van der Waals surface area contributed by atoms with E-state index in [4.69, 9.17) is 0 Å². The highest BCUT2D eigenvalue weighted by molar-refractivity contribution is 5.97. The van der Waals surface area contributed by atoms with E-state index in [-0.39, 0.29) is 5.91 Å². The minimum atomic E-state index is -0.175. The number of anilines is 1. The molecule has 0 spiro atoms. The number of carbonyl (C=O) groups is 1. The van der Waals surface area contributed by atoms with Gasteiger partial charge in [0.1, 0.15) is 5.82 Å². The summed E-state index contributed by atoms with van der Waals surface area (Å²) < 4.78 is 1.43. The molecule has 28 heavy (non-hydrogen) atoms. The Balaban J connectivity index is 1.69. The number of hydrogen-bond donors (Lipinski definition) is 1. The number of pyridine rings is 1. The predicted molar refractivity (Wildman–Crippen MR) is 110 cm³/mol. The Morgan fingerprint density at radius 2 is 1.79 bits per heavy atom. The first-order valence-corrected chi connectivity index (χ1v) is 9.10. The number of hydrogen-bond acceptors (Lipinski definition) is 4. The third-order valence-electron chi connectivity index (χ3n) is 4.47. The Hall–Kier alpha value is -3.73. The van der Waals surface area contributed by atoms with E-state index in [2.05, 4.69) is 15.4 Å². The lowest BCUT2D eigenvalue weighted by molar-refractivity contribution is 0.0948. The van der Waals surface area contributed by atoms with E-state index in [0.717, 1.165) is 16.7 Å². The summed E-state index contributed by atoms with van der Waals surface area (Å²) in [6.45, 7) is 2.59. The average Bonchev–Trinajstić information content (AvgIpc) is 3.18. The van der Waals surface area contributed by atoms with Crippen LogP contribution in [0.15, 0.2) is 85.2 Å². The number of nitrogens with zero attached hydrogens (tertiary/aromatic N) is 3. The second-order valence-electron chi connectivity index (χ2n) is 6.58. The Morgan fingerprint density at radius 3 is 2.50 bits per heavy atom. The lowest BCUT2D eigenvalue weighted by Crippen LogP contribution is -2.17. The molecule has 0 radical (unpaired) electrons. The van der Waals surface area contributed by atoms with Crippen LogP contribution >= 0.6 is 0 Å². The Morgan fingerprint density at radius 1 is 1.00 bits per heavy atom. The molecule has 2 heterocycles. The number of aryl methyl sites for hydroxylation is 1. The van der Waals surface area contributed by atoms with Gasteiger partial charge < -0.3 is 5.32 Å². The van der Waals surface area contributed by atoms with Gasteiger partial charge in [-0.3, -0.25) is 9.78 Å². The molecule has 138 valence electrons. The second-order valence-corrected chi connectivity index (χ2v) is 6.58. The Kier molecular flexibility index (Phi) is 4.97. The van der Waals surface area contributed by atoms with Crippen LogP contribution in [0.25, 0.3) is 11.3 Å². The topological polar surface area (TPSA) is 59.8 Å². The molecule has 0 aliphatic rings. The van der Waals surface area contributed by atoms with Crippen molar-refractivity contribution < 1.29 is 4.79 Å². The van der Waals surface area contributed by atoms with Gasteiger partial charge in [0.15, 0.2) is 0 Å². The second kappa shape index (κ2) is 7.88. The van der Waals surface area contributed by atoms with Crippen LogP contribution < -0.4 is 5.32 Å². The van der Waals surface area contributed by atoms with Crippen molar-refractivity contribution in [2.24, 2.45) is 0 Å². The fourth-order valence-electron chi connectivity index (χ4n) is 2.92. The monoisotopic (exact) mass is 368 g/mol. The summed E-state index contributed by atoms with van der Waals surface area (Å²) in [5.74, 6) is 0.471. The van der Waals surface area contributed by atoms with Crippen LogP contribution in [0.1, 0.15) is 21.5 Å². The van der Waals surface area contributed by atoms with E-state index in [1.807, 2.05) is 79.7 Å². The normalized spacial score (nSPS) is 10.6. The molecule has 0 saturated carbocycles. The standard InChI is InChI=1S/C23H20N4O/c1-17-9-11-19(12-10-17)23(28)27-22(25-15-18-6-3-2-4-7-18)14-21(26-27)20-8-5-13-24-16-20/h2-14,16,25H,15H2,1H3. The van der Waals surface area contributed by atoms with Crippen LogP contribution in [0.5, 0.6) is 0 Å². The third-order valence-corrected chi connectivity index (χ3v) is 4.47. The van der Waals surface area contributed by atoms with Crippen molar-refractivity contribution in [3.05, 3.63) is 102 Å². The molecule has 0 fully saturated rings. The van der Waals surface area contributed by atoms with Crippen molar-refractivity contribution in [2.75, 3.05) is 5.32 Å². The van der Waals surface area contributed by atoms with Crippen molar-refractivity contribution in [3.8, 4) is 11.3 Å². The number of rotatable bonds is 5. The van der Waals surface area contributed by atoms with Gasteiger partial charge in [-0.25, -0.2) is 0 Å². The van der Waals surface area contributed by atoms with E-state index >= 15 is 0 Å². The molecule has 1 N–H and O–H groups in total. The highest BCUT2D eigenvalue weighted by Crippen LogP contribution is 2.23. The summed E-state index contributed by atoms with van der Waals surface area (Å²) in [5.41, 5.74) is 4.38. The van der Waals surface area contributed by atoms with Crippen LogP contribution in [0.3, 0.4) is 0 Å². The first-order chi connectivity index (χ1) is 13.7. The molecule has 2 aromatic carbocycles. The molecule has 0 aliphatic carbocycles. The minimum Gasteiger partial charge on any atom is -0.366 e. The van der Waals surface area contributed by atoms with Crippen molar-refractivity contribution in [2.45, 2.75) is 13.5 Å². The quantitative estimate of drug-likeness (QED) is 0.561. The third kappa shape index (κ3) is 3.83. The summed E-state index contributed by atoms with van der Waals surface area (Å²) in [5, 5.41) is 7.90. The average molecular weight is 368 g/mol. The summed E-state index contributed by atoms with van der Waals surface area (Å²) >= 11 is 0. The largest absolute Gasteiger partial charge is 0.366 e. The van der Waals surface area contributed by atoms with Gasteiger partial charge in [-0.1, -0.05) is 48.0 Å². The summed E-state index contributed by atoms with van der Waals surface area (Å²) in [6.07, 6.45) is 3.45. The Labute approximate surface area is 163 Å². The van der Waals surface area contributed by atoms with Gasteiger partial charge in [0, 0.05) is 36.1 Å². The molecular formula is C23H20N4O. The van der Waals surface area contributed by atoms with Crippen LogP contribution in [0, 0.1) is 6.92 Å². The maximum Gasteiger partial charge on any atom is 0.280 e. The van der Waals surface area contributed by atoms with Crippen molar-refractivity contribution in [3.63, 3.8) is 0 Å². The number of benzene rings is 2. The molecule has 0 amide bonds. The predicted octanol–water partition coefficient (Wildman–Crippen LogP) is 4.55. The fraction of sp³-hybridized carbons (Fsp3) is 0.0870. The molecule has 4 rings (SSSR count). The highest BCUT2D eigenvalue weighted by atomic mass is 16.2. The Bertz CT molecular complexity index is 1070. The minimum absolute atomic E-state index is 0.175. The fourth-order valence-corrected chi connectivity index (χ4v) is 2.92. The summed E-state index contributed by atoms with van der Waals surface area (Å²) in [7, 11) is 0. The molecule has 5 nitrogen and oxygen atoms in total. The molecular weight excluding hydrogens is 348 g/mol. The van der Waals surface area contributed by atoms with Gasteiger partial charge >= 0.3 is 0 Å². The number of carbonyl (C=O) groups excluding carboxylic acids is 1.